The average molecular weight is 351 g/mol. The first-order chi connectivity index (χ1) is 12.7. The van der Waals surface area contributed by atoms with Crippen LogP contribution in [-0.4, -0.2) is 15.7 Å². The molecule has 26 heavy (non-hydrogen) atoms. The summed E-state index contributed by atoms with van der Waals surface area (Å²) in [7, 11) is 0. The summed E-state index contributed by atoms with van der Waals surface area (Å²) < 4.78 is 6.49. The molecule has 0 atom stereocenters. The zero-order chi connectivity index (χ0) is 18.4. The largest absolute Gasteiger partial charge is 0.467 e. The molecule has 0 saturated heterocycles. The topological polar surface area (TPSA) is 77.1 Å². The minimum atomic E-state index is -0.224. The van der Waals surface area contributed by atoms with Gasteiger partial charge in [0, 0.05) is 18.1 Å². The summed E-state index contributed by atoms with van der Waals surface area (Å²) in [6.45, 7) is 2.66. The van der Waals surface area contributed by atoms with Crippen molar-refractivity contribution in [1.29, 1.82) is 0 Å². The van der Waals surface area contributed by atoms with Crippen LogP contribution >= 0.6 is 0 Å². The van der Waals surface area contributed by atoms with E-state index in [1.165, 1.54) is 16.3 Å². The number of benzene rings is 1. The number of hydrogen-bond donors (Lipinski definition) is 1. The molecule has 0 bridgehead atoms. The van der Waals surface area contributed by atoms with Gasteiger partial charge in [-0.1, -0.05) is 31.2 Å². The molecule has 6 heteroatoms. The van der Waals surface area contributed by atoms with E-state index in [0.717, 1.165) is 12.0 Å². The lowest BCUT2D eigenvalue weighted by atomic mass is 10.1. The Balaban J connectivity index is 1.63. The molecule has 0 aliphatic carbocycles. The highest BCUT2D eigenvalue weighted by molar-refractivity contribution is 5.75. The molecule has 3 rings (SSSR count). The van der Waals surface area contributed by atoms with Gasteiger partial charge in [0.2, 0.25) is 5.91 Å². The number of rotatable bonds is 7. The van der Waals surface area contributed by atoms with E-state index in [1.54, 1.807) is 24.5 Å². The molecule has 1 amide bonds. The van der Waals surface area contributed by atoms with Gasteiger partial charge in [-0.25, -0.2) is 4.68 Å². The number of nitrogens with zero attached hydrogens (tertiary/aromatic N) is 2. The van der Waals surface area contributed by atoms with Gasteiger partial charge in [-0.3, -0.25) is 9.59 Å². The second kappa shape index (κ2) is 8.29. The fourth-order valence-electron chi connectivity index (χ4n) is 2.57. The molecule has 6 nitrogen and oxygen atoms in total. The zero-order valence-corrected chi connectivity index (χ0v) is 14.6. The zero-order valence-electron chi connectivity index (χ0n) is 14.6. The van der Waals surface area contributed by atoms with E-state index in [9.17, 15) is 9.59 Å². The van der Waals surface area contributed by atoms with Crippen LogP contribution in [0.1, 0.15) is 24.7 Å². The Labute approximate surface area is 151 Å². The molecule has 3 aromatic rings. The lowest BCUT2D eigenvalue weighted by Gasteiger charge is -2.08. The third-order valence-electron chi connectivity index (χ3n) is 4.12. The summed E-state index contributed by atoms with van der Waals surface area (Å²) in [4.78, 5) is 24.0. The maximum Gasteiger partial charge on any atom is 0.266 e. The molecule has 0 fully saturated rings. The molecular formula is C20H21N3O3. The summed E-state index contributed by atoms with van der Waals surface area (Å²) >= 11 is 0. The highest BCUT2D eigenvalue weighted by Crippen LogP contribution is 2.16. The van der Waals surface area contributed by atoms with Crippen molar-refractivity contribution in [2.45, 2.75) is 32.9 Å². The van der Waals surface area contributed by atoms with E-state index < -0.39 is 0 Å². The Hall–Kier alpha value is -3.15. The van der Waals surface area contributed by atoms with E-state index in [-0.39, 0.29) is 24.4 Å². The van der Waals surface area contributed by atoms with Crippen molar-refractivity contribution in [3.8, 4) is 11.3 Å². The highest BCUT2D eigenvalue weighted by Gasteiger charge is 2.07. The number of carbonyl (C=O) groups excluding carboxylic acids is 1. The molecule has 0 aliphatic rings. The third-order valence-corrected chi connectivity index (χ3v) is 4.12. The van der Waals surface area contributed by atoms with Crippen molar-refractivity contribution in [1.82, 2.24) is 15.1 Å². The Morgan fingerprint density at radius 2 is 1.96 bits per heavy atom. The van der Waals surface area contributed by atoms with Gasteiger partial charge in [0.15, 0.2) is 0 Å². The molecular weight excluding hydrogens is 330 g/mol. The van der Waals surface area contributed by atoms with Gasteiger partial charge < -0.3 is 9.73 Å². The molecule has 1 aromatic carbocycles. The van der Waals surface area contributed by atoms with Crippen molar-refractivity contribution in [3.05, 3.63) is 76.5 Å². The maximum absolute atomic E-state index is 12.0. The molecule has 0 spiro atoms. The van der Waals surface area contributed by atoms with Crippen LogP contribution in [0.25, 0.3) is 11.3 Å². The second-order valence-electron chi connectivity index (χ2n) is 5.94. The van der Waals surface area contributed by atoms with Crippen LogP contribution in [0.3, 0.4) is 0 Å². The van der Waals surface area contributed by atoms with Crippen LogP contribution in [0.15, 0.2) is 64.0 Å². The van der Waals surface area contributed by atoms with Crippen LogP contribution in [0.4, 0.5) is 0 Å². The first-order valence-electron chi connectivity index (χ1n) is 8.62. The third kappa shape index (κ3) is 4.47. The normalized spacial score (nSPS) is 10.7. The maximum atomic E-state index is 12.0. The standard InChI is InChI=1S/C20H21N3O3/c1-2-15-5-7-16(8-6-15)18-9-10-20(25)23(22-18)12-11-19(24)21-14-17-4-3-13-26-17/h3-10,13H,2,11-12,14H2,1H3,(H,21,24). The van der Waals surface area contributed by atoms with Gasteiger partial charge in [-0.15, -0.1) is 0 Å². The monoisotopic (exact) mass is 351 g/mol. The summed E-state index contributed by atoms with van der Waals surface area (Å²) in [6.07, 6.45) is 2.70. The van der Waals surface area contributed by atoms with Crippen LogP contribution in [0, 0.1) is 0 Å². The first-order valence-corrected chi connectivity index (χ1v) is 8.62. The molecule has 0 aliphatic heterocycles. The number of aromatic nitrogens is 2. The van der Waals surface area contributed by atoms with Crippen molar-refractivity contribution in [2.75, 3.05) is 0 Å². The molecule has 2 aromatic heterocycles. The predicted molar refractivity (Wildman–Crippen MR) is 98.5 cm³/mol. The minimum absolute atomic E-state index is 0.159. The van der Waals surface area contributed by atoms with E-state index in [1.807, 2.05) is 12.1 Å². The molecule has 0 radical (unpaired) electrons. The van der Waals surface area contributed by atoms with Gasteiger partial charge in [0.05, 0.1) is 25.0 Å². The van der Waals surface area contributed by atoms with E-state index in [0.29, 0.717) is 18.0 Å². The number of nitrogens with one attached hydrogen (secondary N) is 1. The first kappa shape index (κ1) is 17.7. The molecule has 2 heterocycles. The van der Waals surface area contributed by atoms with Crippen molar-refractivity contribution in [2.24, 2.45) is 0 Å². The summed E-state index contributed by atoms with van der Waals surface area (Å²) in [5, 5.41) is 7.14. The summed E-state index contributed by atoms with van der Waals surface area (Å²) in [6, 6.07) is 14.8. The molecule has 0 unspecified atom stereocenters. The summed E-state index contributed by atoms with van der Waals surface area (Å²) in [5.74, 6) is 0.527. The lowest BCUT2D eigenvalue weighted by Crippen LogP contribution is -2.28. The Bertz CT molecular complexity index is 912. The van der Waals surface area contributed by atoms with Gasteiger partial charge in [-0.2, -0.15) is 5.10 Å². The quantitative estimate of drug-likeness (QED) is 0.710. The number of aryl methyl sites for hydroxylation is 2. The Morgan fingerprint density at radius 1 is 1.15 bits per heavy atom. The van der Waals surface area contributed by atoms with Gasteiger partial charge >= 0.3 is 0 Å². The Morgan fingerprint density at radius 3 is 2.65 bits per heavy atom. The van der Waals surface area contributed by atoms with Crippen molar-refractivity contribution < 1.29 is 9.21 Å². The predicted octanol–water partition coefficient (Wildman–Crippen LogP) is 2.77. The van der Waals surface area contributed by atoms with Crippen LogP contribution < -0.4 is 10.9 Å². The van der Waals surface area contributed by atoms with Gasteiger partial charge in [-0.05, 0) is 30.2 Å². The smallest absolute Gasteiger partial charge is 0.266 e. The second-order valence-corrected chi connectivity index (χ2v) is 5.94. The van der Waals surface area contributed by atoms with E-state index in [2.05, 4.69) is 29.5 Å². The molecule has 1 N–H and O–H groups in total. The Kier molecular flexibility index (Phi) is 5.63. The van der Waals surface area contributed by atoms with E-state index >= 15 is 0 Å². The minimum Gasteiger partial charge on any atom is -0.467 e. The number of carbonyl (C=O) groups is 1. The van der Waals surface area contributed by atoms with Crippen molar-refractivity contribution in [3.63, 3.8) is 0 Å². The summed E-state index contributed by atoms with van der Waals surface area (Å²) in [5.41, 5.74) is 2.68. The van der Waals surface area contributed by atoms with Crippen LogP contribution in [0.5, 0.6) is 0 Å². The fraction of sp³-hybridized carbons (Fsp3) is 0.250. The highest BCUT2D eigenvalue weighted by atomic mass is 16.3. The van der Waals surface area contributed by atoms with Crippen molar-refractivity contribution >= 4 is 5.91 Å². The lowest BCUT2D eigenvalue weighted by molar-refractivity contribution is -0.121. The number of furan rings is 1. The van der Waals surface area contributed by atoms with Crippen LogP contribution in [0.2, 0.25) is 0 Å². The number of amides is 1. The van der Waals surface area contributed by atoms with Gasteiger partial charge in [0.25, 0.3) is 5.56 Å². The fourth-order valence-corrected chi connectivity index (χ4v) is 2.57. The average Bonchev–Trinajstić information content (AvgIpc) is 3.19. The molecule has 134 valence electrons. The number of hydrogen-bond acceptors (Lipinski definition) is 4. The van der Waals surface area contributed by atoms with Crippen LogP contribution in [-0.2, 0) is 24.3 Å². The molecule has 0 saturated carbocycles. The van der Waals surface area contributed by atoms with Gasteiger partial charge in [0.1, 0.15) is 5.76 Å². The van der Waals surface area contributed by atoms with E-state index in [4.69, 9.17) is 4.42 Å². The SMILES string of the molecule is CCc1ccc(-c2ccc(=O)n(CCC(=O)NCc3ccco3)n2)cc1.